The Morgan fingerprint density at radius 2 is 2.33 bits per heavy atom. The maximum Gasteiger partial charge on any atom is 0.264 e. The molecule has 1 saturated heterocycles. The summed E-state index contributed by atoms with van der Waals surface area (Å²) < 4.78 is 5.61. The number of amides is 1. The lowest BCUT2D eigenvalue weighted by Crippen LogP contribution is -2.44. The molecule has 0 spiro atoms. The van der Waals surface area contributed by atoms with E-state index in [4.69, 9.17) is 4.74 Å². The average Bonchev–Trinajstić information content (AvgIpc) is 3.06. The van der Waals surface area contributed by atoms with Gasteiger partial charge in [-0.15, -0.1) is 11.3 Å². The van der Waals surface area contributed by atoms with E-state index in [1.54, 1.807) is 6.20 Å². The van der Waals surface area contributed by atoms with Gasteiger partial charge in [-0.1, -0.05) is 0 Å². The second-order valence-corrected chi connectivity index (χ2v) is 6.73. The van der Waals surface area contributed by atoms with Crippen LogP contribution in [0.2, 0.25) is 0 Å². The van der Waals surface area contributed by atoms with Crippen molar-refractivity contribution in [3.05, 3.63) is 40.0 Å². The second kappa shape index (κ2) is 7.27. The zero-order valence-corrected chi connectivity index (χ0v) is 15.0. The normalized spacial score (nSPS) is 17.8. The SMILES string of the molecule is CCN(C)c1ccnc([C@@H]2COCCN2C(=O)c2sccc2C)n1. The highest BCUT2D eigenvalue weighted by Gasteiger charge is 2.32. The molecule has 0 bridgehead atoms. The Bertz CT molecular complexity index is 718. The van der Waals surface area contributed by atoms with Crippen molar-refractivity contribution in [2.24, 2.45) is 0 Å². The largest absolute Gasteiger partial charge is 0.377 e. The second-order valence-electron chi connectivity index (χ2n) is 5.81. The fourth-order valence-corrected chi connectivity index (χ4v) is 3.56. The van der Waals surface area contributed by atoms with E-state index < -0.39 is 0 Å². The van der Waals surface area contributed by atoms with E-state index >= 15 is 0 Å². The van der Waals surface area contributed by atoms with Gasteiger partial charge in [0.2, 0.25) is 0 Å². The molecule has 1 aliphatic heterocycles. The molecule has 2 aromatic rings. The molecule has 1 amide bonds. The maximum absolute atomic E-state index is 13.0. The van der Waals surface area contributed by atoms with Gasteiger partial charge >= 0.3 is 0 Å². The number of rotatable bonds is 4. The van der Waals surface area contributed by atoms with E-state index in [1.165, 1.54) is 11.3 Å². The van der Waals surface area contributed by atoms with Crippen LogP contribution in [0.3, 0.4) is 0 Å². The molecule has 1 fully saturated rings. The minimum absolute atomic E-state index is 0.0358. The van der Waals surface area contributed by atoms with Crippen molar-refractivity contribution in [2.75, 3.05) is 38.3 Å². The highest BCUT2D eigenvalue weighted by atomic mass is 32.1. The van der Waals surface area contributed by atoms with E-state index in [0.29, 0.717) is 25.6 Å². The number of anilines is 1. The Morgan fingerprint density at radius 1 is 1.50 bits per heavy atom. The highest BCUT2D eigenvalue weighted by Crippen LogP contribution is 2.27. The van der Waals surface area contributed by atoms with Crippen LogP contribution in [0.1, 0.15) is 34.0 Å². The van der Waals surface area contributed by atoms with Crippen LogP contribution < -0.4 is 4.90 Å². The number of hydrogen-bond donors (Lipinski definition) is 0. The first-order valence-electron chi connectivity index (χ1n) is 8.08. The molecule has 2 aromatic heterocycles. The summed E-state index contributed by atoms with van der Waals surface area (Å²) >= 11 is 1.48. The molecule has 0 saturated carbocycles. The van der Waals surface area contributed by atoms with Crippen LogP contribution in [-0.4, -0.2) is 54.1 Å². The van der Waals surface area contributed by atoms with Crippen LogP contribution in [0, 0.1) is 6.92 Å². The Hall–Kier alpha value is -1.99. The van der Waals surface area contributed by atoms with E-state index in [-0.39, 0.29) is 11.9 Å². The van der Waals surface area contributed by atoms with Gasteiger partial charge in [0.25, 0.3) is 5.91 Å². The molecule has 0 aromatic carbocycles. The summed E-state index contributed by atoms with van der Waals surface area (Å²) in [6.45, 7) is 6.41. The molecular formula is C17H22N4O2S. The third-order valence-electron chi connectivity index (χ3n) is 4.27. The van der Waals surface area contributed by atoms with Crippen molar-refractivity contribution in [2.45, 2.75) is 19.9 Å². The number of carbonyl (C=O) groups excluding carboxylic acids is 1. The molecule has 1 aliphatic rings. The summed E-state index contributed by atoms with van der Waals surface area (Å²) in [5.74, 6) is 1.52. The molecule has 128 valence electrons. The highest BCUT2D eigenvalue weighted by molar-refractivity contribution is 7.12. The van der Waals surface area contributed by atoms with E-state index in [2.05, 4.69) is 16.9 Å². The van der Waals surface area contributed by atoms with E-state index in [9.17, 15) is 4.79 Å². The van der Waals surface area contributed by atoms with Gasteiger partial charge in [-0.2, -0.15) is 0 Å². The molecule has 0 unspecified atom stereocenters. The lowest BCUT2D eigenvalue weighted by molar-refractivity contribution is -0.00497. The van der Waals surface area contributed by atoms with Crippen molar-refractivity contribution < 1.29 is 9.53 Å². The first-order chi connectivity index (χ1) is 11.6. The topological polar surface area (TPSA) is 58.6 Å². The predicted molar refractivity (Wildman–Crippen MR) is 94.6 cm³/mol. The molecule has 7 heteroatoms. The first-order valence-corrected chi connectivity index (χ1v) is 8.96. The third kappa shape index (κ3) is 3.27. The van der Waals surface area contributed by atoms with Gasteiger partial charge in [0.1, 0.15) is 11.9 Å². The van der Waals surface area contributed by atoms with Gasteiger partial charge in [0, 0.05) is 26.3 Å². The molecule has 3 rings (SSSR count). The number of ether oxygens (including phenoxy) is 1. The van der Waals surface area contributed by atoms with Gasteiger partial charge in [-0.25, -0.2) is 9.97 Å². The van der Waals surface area contributed by atoms with Gasteiger partial charge in [-0.05, 0) is 36.9 Å². The summed E-state index contributed by atoms with van der Waals surface area (Å²) in [6, 6.07) is 3.60. The summed E-state index contributed by atoms with van der Waals surface area (Å²) in [4.78, 5) is 26.7. The number of morpholine rings is 1. The van der Waals surface area contributed by atoms with Gasteiger partial charge in [0.05, 0.1) is 18.1 Å². The van der Waals surface area contributed by atoms with Crippen LogP contribution in [0.25, 0.3) is 0 Å². The summed E-state index contributed by atoms with van der Waals surface area (Å²) in [6.07, 6.45) is 1.75. The number of carbonyl (C=O) groups is 1. The molecule has 0 aliphatic carbocycles. The number of hydrogen-bond acceptors (Lipinski definition) is 6. The molecule has 0 radical (unpaired) electrons. The first kappa shape index (κ1) is 16.9. The summed E-state index contributed by atoms with van der Waals surface area (Å²) in [5, 5.41) is 1.95. The molecular weight excluding hydrogens is 324 g/mol. The lowest BCUT2D eigenvalue weighted by atomic mass is 10.1. The van der Waals surface area contributed by atoms with Crippen molar-refractivity contribution in [3.63, 3.8) is 0 Å². The minimum Gasteiger partial charge on any atom is -0.377 e. The van der Waals surface area contributed by atoms with Crippen molar-refractivity contribution in [3.8, 4) is 0 Å². The molecule has 6 nitrogen and oxygen atoms in total. The minimum atomic E-state index is -0.252. The zero-order chi connectivity index (χ0) is 17.1. The lowest BCUT2D eigenvalue weighted by Gasteiger charge is -2.34. The van der Waals surface area contributed by atoms with Gasteiger partial charge in [0.15, 0.2) is 5.82 Å². The molecule has 1 atom stereocenters. The smallest absolute Gasteiger partial charge is 0.264 e. The Labute approximate surface area is 146 Å². The van der Waals surface area contributed by atoms with Crippen LogP contribution in [0.4, 0.5) is 5.82 Å². The van der Waals surface area contributed by atoms with E-state index in [0.717, 1.165) is 22.8 Å². The monoisotopic (exact) mass is 346 g/mol. The van der Waals surface area contributed by atoms with Crippen molar-refractivity contribution in [1.29, 1.82) is 0 Å². The fourth-order valence-electron chi connectivity index (χ4n) is 2.68. The Kier molecular flexibility index (Phi) is 5.11. The number of thiophene rings is 1. The maximum atomic E-state index is 13.0. The standard InChI is InChI=1S/C17H22N4O2S/c1-4-20(3)14-5-7-18-16(19-14)13-11-23-9-8-21(13)17(22)15-12(2)6-10-24-15/h5-7,10,13H,4,8-9,11H2,1-3H3/t13-/m0/s1. The van der Waals surface area contributed by atoms with Crippen molar-refractivity contribution in [1.82, 2.24) is 14.9 Å². The predicted octanol–water partition coefficient (Wildman–Crippen LogP) is 2.52. The van der Waals surface area contributed by atoms with Gasteiger partial charge < -0.3 is 14.5 Å². The number of aromatic nitrogens is 2. The summed E-state index contributed by atoms with van der Waals surface area (Å²) in [7, 11) is 1.99. The zero-order valence-electron chi connectivity index (χ0n) is 14.2. The molecule has 3 heterocycles. The fraction of sp³-hybridized carbons (Fsp3) is 0.471. The van der Waals surface area contributed by atoms with E-state index in [1.807, 2.05) is 41.3 Å². The number of nitrogens with zero attached hydrogens (tertiary/aromatic N) is 4. The average molecular weight is 346 g/mol. The molecule has 0 N–H and O–H groups in total. The molecule has 24 heavy (non-hydrogen) atoms. The Balaban J connectivity index is 1.90. The van der Waals surface area contributed by atoms with Gasteiger partial charge in [-0.3, -0.25) is 4.79 Å². The van der Waals surface area contributed by atoms with Crippen LogP contribution in [0.5, 0.6) is 0 Å². The van der Waals surface area contributed by atoms with Crippen molar-refractivity contribution >= 4 is 23.1 Å². The Morgan fingerprint density at radius 3 is 3.04 bits per heavy atom. The van der Waals surface area contributed by atoms with Crippen LogP contribution in [-0.2, 0) is 4.74 Å². The summed E-state index contributed by atoms with van der Waals surface area (Å²) in [5.41, 5.74) is 1.01. The quantitative estimate of drug-likeness (QED) is 0.851. The van der Waals surface area contributed by atoms with Crippen LogP contribution in [0.15, 0.2) is 23.7 Å². The third-order valence-corrected chi connectivity index (χ3v) is 5.27. The number of aryl methyl sites for hydroxylation is 1. The van der Waals surface area contributed by atoms with Crippen LogP contribution >= 0.6 is 11.3 Å².